The number of hydrogen-bond donors (Lipinski definition) is 1. The second-order valence-corrected chi connectivity index (χ2v) is 7.79. The average molecular weight is 410 g/mol. The molecule has 2 aromatic heterocycles. The average Bonchev–Trinajstić information content (AvgIpc) is 3.28. The first-order chi connectivity index (χ1) is 15.1. The number of para-hydroxylation sites is 1. The Bertz CT molecular complexity index is 1300. The number of rotatable bonds is 4. The van der Waals surface area contributed by atoms with Crippen molar-refractivity contribution >= 4 is 28.5 Å². The van der Waals surface area contributed by atoms with E-state index in [0.29, 0.717) is 11.4 Å². The number of pyridine rings is 1. The Morgan fingerprint density at radius 1 is 1.00 bits per heavy atom. The second kappa shape index (κ2) is 7.40. The van der Waals surface area contributed by atoms with Gasteiger partial charge in [-0.05, 0) is 36.8 Å². The molecule has 5 rings (SSSR count). The molecule has 1 N–H and O–H groups in total. The van der Waals surface area contributed by atoms with Crippen molar-refractivity contribution in [1.82, 2.24) is 14.5 Å². The lowest BCUT2D eigenvalue weighted by molar-refractivity contribution is -0.120. The van der Waals surface area contributed by atoms with Crippen LogP contribution in [0.5, 0.6) is 0 Å². The van der Waals surface area contributed by atoms with Crippen LogP contribution >= 0.6 is 0 Å². The number of aromatic nitrogens is 2. The van der Waals surface area contributed by atoms with E-state index in [2.05, 4.69) is 33.2 Å². The van der Waals surface area contributed by atoms with E-state index in [1.165, 1.54) is 0 Å². The molecule has 2 atom stereocenters. The highest BCUT2D eigenvalue weighted by molar-refractivity contribution is 6.05. The summed E-state index contributed by atoms with van der Waals surface area (Å²) in [5, 5.41) is 3.90. The summed E-state index contributed by atoms with van der Waals surface area (Å²) in [5.74, 6) is 0.0486. The first kappa shape index (κ1) is 19.1. The van der Waals surface area contributed by atoms with Crippen LogP contribution in [0.3, 0.4) is 0 Å². The lowest BCUT2D eigenvalue weighted by Gasteiger charge is -2.30. The summed E-state index contributed by atoms with van der Waals surface area (Å²) in [5.41, 5.74) is 3.65. The molecule has 1 aliphatic rings. The number of fused-ring (bicyclic) bond motifs is 2. The Hall–Kier alpha value is -3.93. The van der Waals surface area contributed by atoms with Crippen molar-refractivity contribution in [2.24, 2.45) is 7.05 Å². The van der Waals surface area contributed by atoms with Crippen molar-refractivity contribution in [3.63, 3.8) is 0 Å². The lowest BCUT2D eigenvalue weighted by Crippen LogP contribution is -2.44. The summed E-state index contributed by atoms with van der Waals surface area (Å²) in [4.78, 5) is 32.4. The summed E-state index contributed by atoms with van der Waals surface area (Å²) in [6.07, 6.45) is 3.68. The first-order valence-corrected chi connectivity index (χ1v) is 10.2. The number of carbonyl (C=O) groups excluding carboxylic acids is 2. The van der Waals surface area contributed by atoms with E-state index in [1.54, 1.807) is 30.2 Å². The fourth-order valence-electron chi connectivity index (χ4n) is 4.44. The Kier molecular flexibility index (Phi) is 4.55. The zero-order valence-electron chi connectivity index (χ0n) is 17.3. The molecular formula is C25H22N4O2. The highest BCUT2D eigenvalue weighted by Crippen LogP contribution is 2.42. The second-order valence-electron chi connectivity index (χ2n) is 7.79. The molecule has 0 radical (unpaired) electrons. The van der Waals surface area contributed by atoms with E-state index in [1.807, 2.05) is 49.5 Å². The molecule has 2 aromatic carbocycles. The number of hydrogen-bond acceptors (Lipinski definition) is 3. The van der Waals surface area contributed by atoms with Gasteiger partial charge >= 0.3 is 0 Å². The van der Waals surface area contributed by atoms with Crippen LogP contribution < -0.4 is 5.32 Å². The van der Waals surface area contributed by atoms with E-state index >= 15 is 0 Å². The van der Waals surface area contributed by atoms with E-state index in [4.69, 9.17) is 0 Å². The zero-order valence-corrected chi connectivity index (χ0v) is 17.3. The summed E-state index contributed by atoms with van der Waals surface area (Å²) in [6.45, 7) is 1.76. The molecule has 0 saturated heterocycles. The Balaban J connectivity index is 1.60. The third-order valence-corrected chi connectivity index (χ3v) is 5.93. The molecule has 0 saturated carbocycles. The van der Waals surface area contributed by atoms with Gasteiger partial charge in [0.1, 0.15) is 11.9 Å². The first-order valence-electron chi connectivity index (χ1n) is 10.2. The van der Waals surface area contributed by atoms with E-state index in [0.717, 1.165) is 22.0 Å². The highest BCUT2D eigenvalue weighted by Gasteiger charge is 2.43. The molecule has 0 unspecified atom stereocenters. The van der Waals surface area contributed by atoms with Gasteiger partial charge in [-0.25, -0.2) is 4.98 Å². The maximum Gasteiger partial charge on any atom is 0.255 e. The Morgan fingerprint density at radius 3 is 2.55 bits per heavy atom. The van der Waals surface area contributed by atoms with Gasteiger partial charge in [-0.3, -0.25) is 9.59 Å². The number of anilines is 1. The fourth-order valence-corrected chi connectivity index (χ4v) is 4.44. The molecular weight excluding hydrogens is 388 g/mol. The minimum atomic E-state index is -0.689. The minimum Gasteiger partial charge on any atom is -0.350 e. The normalized spacial score (nSPS) is 16.4. The largest absolute Gasteiger partial charge is 0.350 e. The van der Waals surface area contributed by atoms with Gasteiger partial charge in [-0.15, -0.1) is 0 Å². The quantitative estimate of drug-likeness (QED) is 0.550. The van der Waals surface area contributed by atoms with E-state index in [9.17, 15) is 9.59 Å². The predicted molar refractivity (Wildman–Crippen MR) is 120 cm³/mol. The van der Waals surface area contributed by atoms with Gasteiger partial charge in [0.05, 0.1) is 6.04 Å². The van der Waals surface area contributed by atoms with Crippen molar-refractivity contribution in [1.29, 1.82) is 0 Å². The molecule has 0 fully saturated rings. The third-order valence-electron chi connectivity index (χ3n) is 5.93. The van der Waals surface area contributed by atoms with Gasteiger partial charge in [0.2, 0.25) is 5.91 Å². The molecule has 0 bridgehead atoms. The Labute approximate surface area is 180 Å². The summed E-state index contributed by atoms with van der Waals surface area (Å²) < 4.78 is 2.06. The molecule has 154 valence electrons. The number of benzene rings is 2. The molecule has 1 aliphatic heterocycles. The molecule has 31 heavy (non-hydrogen) atoms. The lowest BCUT2D eigenvalue weighted by atomic mass is 9.97. The van der Waals surface area contributed by atoms with Crippen LogP contribution in [0.4, 0.5) is 5.82 Å². The zero-order chi connectivity index (χ0) is 21.5. The predicted octanol–water partition coefficient (Wildman–Crippen LogP) is 4.15. The topological polar surface area (TPSA) is 67.2 Å². The molecule has 0 aliphatic carbocycles. The maximum absolute atomic E-state index is 13.4. The van der Waals surface area contributed by atoms with Gasteiger partial charge in [-0.1, -0.05) is 42.5 Å². The number of nitrogens with one attached hydrogen (secondary N) is 1. The number of nitrogens with zero attached hydrogens (tertiary/aromatic N) is 3. The summed E-state index contributed by atoms with van der Waals surface area (Å²) in [6, 6.07) is 20.0. The van der Waals surface area contributed by atoms with Gasteiger partial charge < -0.3 is 14.8 Å². The van der Waals surface area contributed by atoms with Crippen molar-refractivity contribution in [3.8, 4) is 0 Å². The monoisotopic (exact) mass is 410 g/mol. The summed E-state index contributed by atoms with van der Waals surface area (Å²) >= 11 is 0. The maximum atomic E-state index is 13.4. The van der Waals surface area contributed by atoms with Gasteiger partial charge in [0.25, 0.3) is 5.91 Å². The number of amides is 2. The smallest absolute Gasteiger partial charge is 0.255 e. The van der Waals surface area contributed by atoms with Gasteiger partial charge in [-0.2, -0.15) is 0 Å². The standard InChI is InChI=1S/C25H22N4O2/c1-16(24(30)27-22-13-7-8-14-26-22)29-23(18-10-3-4-11-19(18)25(29)31)20-15-28(2)21-12-6-5-9-17(20)21/h3-16,23H,1-2H3,(H,26,27,30)/t16-,23+/m1/s1. The minimum absolute atomic E-state index is 0.141. The van der Waals surface area contributed by atoms with Crippen LogP contribution in [0, 0.1) is 0 Å². The van der Waals surface area contributed by atoms with Crippen molar-refractivity contribution in [2.75, 3.05) is 5.32 Å². The molecule has 6 nitrogen and oxygen atoms in total. The number of carbonyl (C=O) groups is 2. The van der Waals surface area contributed by atoms with Crippen LogP contribution in [0.2, 0.25) is 0 Å². The van der Waals surface area contributed by atoms with E-state index < -0.39 is 6.04 Å². The SMILES string of the molecule is C[C@H](C(=O)Nc1ccccn1)N1C(=O)c2ccccc2[C@H]1c1cn(C)c2ccccc12. The molecule has 2 amide bonds. The number of aryl methyl sites for hydroxylation is 1. The van der Waals surface area contributed by atoms with Crippen LogP contribution in [0.15, 0.2) is 79.1 Å². The Morgan fingerprint density at radius 2 is 1.74 bits per heavy atom. The van der Waals surface area contributed by atoms with Crippen LogP contribution in [-0.2, 0) is 11.8 Å². The third kappa shape index (κ3) is 3.08. The fraction of sp³-hybridized carbons (Fsp3) is 0.160. The van der Waals surface area contributed by atoms with Crippen LogP contribution in [0.1, 0.15) is 34.5 Å². The highest BCUT2D eigenvalue weighted by atomic mass is 16.2. The van der Waals surface area contributed by atoms with Crippen LogP contribution in [0.25, 0.3) is 10.9 Å². The van der Waals surface area contributed by atoms with E-state index in [-0.39, 0.29) is 17.9 Å². The molecule has 4 aromatic rings. The summed E-state index contributed by atoms with van der Waals surface area (Å²) in [7, 11) is 2.00. The van der Waals surface area contributed by atoms with Crippen LogP contribution in [-0.4, -0.2) is 32.3 Å². The van der Waals surface area contributed by atoms with Crippen molar-refractivity contribution in [2.45, 2.75) is 19.0 Å². The van der Waals surface area contributed by atoms with Crippen molar-refractivity contribution < 1.29 is 9.59 Å². The molecule has 0 spiro atoms. The molecule has 6 heteroatoms. The van der Waals surface area contributed by atoms with Gasteiger partial charge in [0.15, 0.2) is 0 Å². The van der Waals surface area contributed by atoms with Gasteiger partial charge in [0, 0.05) is 41.5 Å². The molecule has 3 heterocycles. The van der Waals surface area contributed by atoms with Crippen molar-refractivity contribution in [3.05, 3.63) is 95.8 Å².